The molecule has 1 aliphatic rings. The van der Waals surface area contributed by atoms with Gasteiger partial charge in [0.2, 0.25) is 0 Å². The molecule has 1 rings (SSSR count). The minimum Gasteiger partial charge on any atom is -0.457 e. The van der Waals surface area contributed by atoms with E-state index >= 15 is 0 Å². The Hall–Kier alpha value is -2.63. The van der Waals surface area contributed by atoms with Crippen molar-refractivity contribution in [2.75, 3.05) is 26.4 Å². The van der Waals surface area contributed by atoms with Crippen LogP contribution in [0.2, 0.25) is 0 Å². The van der Waals surface area contributed by atoms with Crippen LogP contribution in [0.25, 0.3) is 0 Å². The van der Waals surface area contributed by atoms with E-state index in [1.165, 1.54) is 70.6 Å². The van der Waals surface area contributed by atoms with Crippen LogP contribution in [0.5, 0.6) is 0 Å². The number of allylic oxidation sites excluding steroid dienone is 14. The molecule has 64 heavy (non-hydrogen) atoms. The second-order valence-electron chi connectivity index (χ2n) is 17.2. The van der Waals surface area contributed by atoms with Crippen molar-refractivity contribution >= 4 is 5.97 Å². The van der Waals surface area contributed by atoms with Crippen molar-refractivity contribution in [2.45, 2.75) is 230 Å². The minimum absolute atomic E-state index is 0.124. The van der Waals surface area contributed by atoms with Crippen LogP contribution < -0.4 is 0 Å². The number of esters is 1. The molecule has 0 bridgehead atoms. The molecular formula is C55H94O9. The van der Waals surface area contributed by atoms with E-state index in [1.54, 1.807) is 0 Å². The van der Waals surface area contributed by atoms with Gasteiger partial charge in [0.15, 0.2) is 6.29 Å². The molecule has 0 saturated carbocycles. The summed E-state index contributed by atoms with van der Waals surface area (Å²) in [5.41, 5.74) is 0. The molecule has 1 saturated heterocycles. The summed E-state index contributed by atoms with van der Waals surface area (Å²) in [6.07, 6.45) is 54.7. The third-order valence-electron chi connectivity index (χ3n) is 11.3. The van der Waals surface area contributed by atoms with E-state index in [0.717, 1.165) is 103 Å². The quantitative estimate of drug-likeness (QED) is 0.0268. The number of aliphatic hydroxyl groups excluding tert-OH is 4. The lowest BCUT2D eigenvalue weighted by Gasteiger charge is -2.39. The highest BCUT2D eigenvalue weighted by molar-refractivity contribution is 5.69. The van der Waals surface area contributed by atoms with Gasteiger partial charge in [-0.05, 0) is 89.9 Å². The van der Waals surface area contributed by atoms with Gasteiger partial charge in [0.05, 0.1) is 19.8 Å². The van der Waals surface area contributed by atoms with E-state index in [-0.39, 0.29) is 19.2 Å². The summed E-state index contributed by atoms with van der Waals surface area (Å²) >= 11 is 0. The van der Waals surface area contributed by atoms with Gasteiger partial charge in [-0.3, -0.25) is 4.79 Å². The molecular weight excluding hydrogens is 805 g/mol. The molecule has 9 nitrogen and oxygen atoms in total. The Morgan fingerprint density at radius 1 is 0.516 bits per heavy atom. The molecule has 0 amide bonds. The van der Waals surface area contributed by atoms with E-state index in [2.05, 4.69) is 98.9 Å². The molecule has 368 valence electrons. The fourth-order valence-electron chi connectivity index (χ4n) is 7.31. The second kappa shape index (κ2) is 45.5. The number of carbonyl (C=O) groups excluding carboxylic acids is 1. The third-order valence-corrected chi connectivity index (χ3v) is 11.3. The number of hydrogen-bond donors (Lipinski definition) is 4. The number of aliphatic hydroxyl groups is 4. The van der Waals surface area contributed by atoms with Crippen molar-refractivity contribution < 1.29 is 44.2 Å². The topological polar surface area (TPSA) is 135 Å². The lowest BCUT2D eigenvalue weighted by Crippen LogP contribution is -2.59. The summed E-state index contributed by atoms with van der Waals surface area (Å²) in [5, 5.41) is 40.2. The molecule has 0 radical (unpaired) electrons. The average Bonchev–Trinajstić information content (AvgIpc) is 3.30. The Balaban J connectivity index is 2.24. The summed E-state index contributed by atoms with van der Waals surface area (Å²) in [6.45, 7) is 4.38. The average molecular weight is 899 g/mol. The summed E-state index contributed by atoms with van der Waals surface area (Å²) in [4.78, 5) is 12.8. The van der Waals surface area contributed by atoms with E-state index < -0.39 is 43.4 Å². The fraction of sp³-hybridized carbons (Fsp3) is 0.727. The molecule has 0 aromatic carbocycles. The van der Waals surface area contributed by atoms with E-state index in [0.29, 0.717) is 13.0 Å². The van der Waals surface area contributed by atoms with Gasteiger partial charge in [0.1, 0.15) is 30.5 Å². The summed E-state index contributed by atoms with van der Waals surface area (Å²) in [5.74, 6) is -0.330. The van der Waals surface area contributed by atoms with Crippen LogP contribution in [-0.2, 0) is 23.7 Å². The lowest BCUT2D eigenvalue weighted by molar-refractivity contribution is -0.305. The standard InChI is InChI=1S/C55H94O9/c1-3-5-7-9-11-13-15-17-19-21-23-24-25-26-27-28-30-32-34-36-38-40-42-44-51(57)63-49(48-62-55-54(60)53(59)52(58)50(46-56)64-55)47-61-45-43-41-39-37-35-33-31-29-22-20-18-16-14-12-10-8-6-4-2/h6,8,12,14-15,17-18,20-21,23,25-26,29,31,49-50,52-56,58-60H,3-5,7,9-11,13,16,19,22,24,27-28,30,32-48H2,1-2H3/b8-6-,14-12-,17-15-,20-18-,23-21-,26-25-,31-29-. The maximum Gasteiger partial charge on any atom is 0.306 e. The van der Waals surface area contributed by atoms with Crippen molar-refractivity contribution in [3.05, 3.63) is 85.1 Å². The van der Waals surface area contributed by atoms with Crippen molar-refractivity contribution in [1.82, 2.24) is 0 Å². The van der Waals surface area contributed by atoms with Crippen molar-refractivity contribution in [3.63, 3.8) is 0 Å². The van der Waals surface area contributed by atoms with Crippen LogP contribution in [0.3, 0.4) is 0 Å². The van der Waals surface area contributed by atoms with E-state index in [9.17, 15) is 25.2 Å². The molecule has 0 aromatic rings. The molecule has 0 aromatic heterocycles. The highest BCUT2D eigenvalue weighted by Gasteiger charge is 2.44. The molecule has 6 atom stereocenters. The molecule has 1 fully saturated rings. The van der Waals surface area contributed by atoms with E-state index in [4.69, 9.17) is 18.9 Å². The molecule has 4 N–H and O–H groups in total. The fourth-order valence-corrected chi connectivity index (χ4v) is 7.31. The Bertz CT molecular complexity index is 1250. The molecule has 6 unspecified atom stereocenters. The van der Waals surface area contributed by atoms with Gasteiger partial charge >= 0.3 is 5.97 Å². The van der Waals surface area contributed by atoms with Crippen molar-refractivity contribution in [1.29, 1.82) is 0 Å². The molecule has 1 heterocycles. The van der Waals surface area contributed by atoms with Gasteiger partial charge in [0, 0.05) is 13.0 Å². The van der Waals surface area contributed by atoms with Gasteiger partial charge in [-0.1, -0.05) is 182 Å². The van der Waals surface area contributed by atoms with Crippen molar-refractivity contribution in [3.8, 4) is 0 Å². The van der Waals surface area contributed by atoms with Gasteiger partial charge in [0.25, 0.3) is 0 Å². The normalized spacial score (nSPS) is 20.2. The third kappa shape index (κ3) is 35.6. The van der Waals surface area contributed by atoms with Gasteiger partial charge < -0.3 is 39.4 Å². The highest BCUT2D eigenvalue weighted by Crippen LogP contribution is 2.22. The Labute approximate surface area is 390 Å². The summed E-state index contributed by atoms with van der Waals surface area (Å²) in [6, 6.07) is 0. The molecule has 0 spiro atoms. The first-order chi connectivity index (χ1) is 31.4. The first kappa shape index (κ1) is 59.4. The number of rotatable bonds is 43. The van der Waals surface area contributed by atoms with E-state index in [1.807, 2.05) is 0 Å². The predicted octanol–water partition coefficient (Wildman–Crippen LogP) is 12.6. The first-order valence-electron chi connectivity index (χ1n) is 25.7. The Morgan fingerprint density at radius 2 is 0.953 bits per heavy atom. The molecule has 1 aliphatic heterocycles. The van der Waals surface area contributed by atoms with Crippen LogP contribution in [0.1, 0.15) is 194 Å². The summed E-state index contributed by atoms with van der Waals surface area (Å²) < 4.78 is 22.9. The van der Waals surface area contributed by atoms with Crippen LogP contribution in [0.4, 0.5) is 0 Å². The largest absolute Gasteiger partial charge is 0.457 e. The zero-order valence-corrected chi connectivity index (χ0v) is 40.5. The van der Waals surface area contributed by atoms with Gasteiger partial charge in [-0.15, -0.1) is 0 Å². The van der Waals surface area contributed by atoms with Crippen LogP contribution in [0, 0.1) is 0 Å². The minimum atomic E-state index is -1.55. The Kier molecular flexibility index (Phi) is 42.2. The van der Waals surface area contributed by atoms with Gasteiger partial charge in [-0.25, -0.2) is 0 Å². The predicted molar refractivity (Wildman–Crippen MR) is 265 cm³/mol. The SMILES string of the molecule is CC/C=C\C/C=C\C/C=C\C/C=C\CCCCCCCOCC(COC1OC(CO)C(O)C(O)C1O)OC(=O)CCCCCCCCCC/C=C\C/C=C\C/C=C\CCCCCCC. The Morgan fingerprint density at radius 3 is 1.44 bits per heavy atom. The first-order valence-corrected chi connectivity index (χ1v) is 25.7. The number of unbranched alkanes of at least 4 members (excludes halogenated alkanes) is 18. The zero-order valence-electron chi connectivity index (χ0n) is 40.5. The van der Waals surface area contributed by atoms with Gasteiger partial charge in [-0.2, -0.15) is 0 Å². The second-order valence-corrected chi connectivity index (χ2v) is 17.2. The van der Waals surface area contributed by atoms with Crippen LogP contribution >= 0.6 is 0 Å². The van der Waals surface area contributed by atoms with Crippen molar-refractivity contribution in [2.24, 2.45) is 0 Å². The number of carbonyl (C=O) groups is 1. The van der Waals surface area contributed by atoms with Crippen LogP contribution in [-0.4, -0.2) is 89.6 Å². The monoisotopic (exact) mass is 899 g/mol. The maximum absolute atomic E-state index is 12.8. The van der Waals surface area contributed by atoms with Crippen LogP contribution in [0.15, 0.2) is 85.1 Å². The zero-order chi connectivity index (χ0) is 46.4. The lowest BCUT2D eigenvalue weighted by atomic mass is 9.99. The maximum atomic E-state index is 12.8. The number of hydrogen-bond acceptors (Lipinski definition) is 9. The highest BCUT2D eigenvalue weighted by atomic mass is 16.7. The summed E-state index contributed by atoms with van der Waals surface area (Å²) in [7, 11) is 0. The molecule has 9 heteroatoms. The number of ether oxygens (including phenoxy) is 4. The molecule has 0 aliphatic carbocycles. The smallest absolute Gasteiger partial charge is 0.306 e.